The van der Waals surface area contributed by atoms with E-state index in [2.05, 4.69) is 26.2 Å². The minimum absolute atomic E-state index is 0.0784. The van der Waals surface area contributed by atoms with Gasteiger partial charge in [-0.2, -0.15) is 4.98 Å². The number of benzene rings is 3. The summed E-state index contributed by atoms with van der Waals surface area (Å²) in [4.78, 5) is 4.49. The molecular weight excluding hydrogens is 452 g/mol. The number of aryl methyl sites for hydroxylation is 1. The van der Waals surface area contributed by atoms with Crippen molar-refractivity contribution in [2.24, 2.45) is 0 Å². The van der Waals surface area contributed by atoms with Crippen LogP contribution >= 0.6 is 15.9 Å². The smallest absolute Gasteiger partial charge is 0.238 e. The standard InChI is InChI=1S/C22H17BrN2O3S/c1-15-7-9-16(10-8-15)20-25-22(21(28-20)24-18-5-3-2-4-6-18)29(26,27)19-13-11-17(23)12-14-19/h2-14,24H,1H3. The zero-order valence-electron chi connectivity index (χ0n) is 15.5. The van der Waals surface area contributed by atoms with Gasteiger partial charge in [-0.3, -0.25) is 0 Å². The summed E-state index contributed by atoms with van der Waals surface area (Å²) in [7, 11) is -3.89. The highest BCUT2D eigenvalue weighted by molar-refractivity contribution is 9.10. The Balaban J connectivity index is 1.84. The maximum absolute atomic E-state index is 13.3. The highest BCUT2D eigenvalue weighted by atomic mass is 79.9. The van der Waals surface area contributed by atoms with E-state index in [1.54, 1.807) is 12.1 Å². The van der Waals surface area contributed by atoms with E-state index in [1.165, 1.54) is 12.1 Å². The van der Waals surface area contributed by atoms with Crippen molar-refractivity contribution in [1.29, 1.82) is 0 Å². The number of anilines is 2. The number of oxazole rings is 1. The second-order valence-corrected chi connectivity index (χ2v) is 9.25. The number of aromatic nitrogens is 1. The molecule has 0 atom stereocenters. The largest absolute Gasteiger partial charge is 0.419 e. The van der Waals surface area contributed by atoms with Gasteiger partial charge in [0.2, 0.25) is 26.6 Å². The molecule has 1 aromatic heterocycles. The molecule has 0 spiro atoms. The molecular formula is C22H17BrN2O3S. The molecule has 29 heavy (non-hydrogen) atoms. The Morgan fingerprint density at radius 2 is 1.55 bits per heavy atom. The highest BCUT2D eigenvalue weighted by Gasteiger charge is 2.28. The van der Waals surface area contributed by atoms with Crippen molar-refractivity contribution in [3.8, 4) is 11.5 Å². The zero-order chi connectivity index (χ0) is 20.4. The van der Waals surface area contributed by atoms with Crippen LogP contribution in [-0.4, -0.2) is 13.4 Å². The van der Waals surface area contributed by atoms with Crippen LogP contribution < -0.4 is 5.32 Å². The molecule has 0 aliphatic heterocycles. The molecule has 146 valence electrons. The van der Waals surface area contributed by atoms with E-state index < -0.39 is 9.84 Å². The molecule has 0 fully saturated rings. The quantitative estimate of drug-likeness (QED) is 0.389. The van der Waals surface area contributed by atoms with E-state index in [0.29, 0.717) is 11.3 Å². The third-order valence-corrected chi connectivity index (χ3v) is 6.51. The van der Waals surface area contributed by atoms with Gasteiger partial charge in [-0.05, 0) is 55.5 Å². The van der Waals surface area contributed by atoms with Gasteiger partial charge < -0.3 is 9.73 Å². The van der Waals surface area contributed by atoms with E-state index >= 15 is 0 Å². The van der Waals surface area contributed by atoms with Gasteiger partial charge in [0.15, 0.2) is 0 Å². The number of nitrogens with one attached hydrogen (secondary N) is 1. The van der Waals surface area contributed by atoms with Crippen molar-refractivity contribution in [2.45, 2.75) is 16.8 Å². The third kappa shape index (κ3) is 4.11. The predicted molar refractivity (Wildman–Crippen MR) is 116 cm³/mol. The first-order valence-electron chi connectivity index (χ1n) is 8.84. The van der Waals surface area contributed by atoms with Gasteiger partial charge in [0.05, 0.1) is 4.90 Å². The topological polar surface area (TPSA) is 72.2 Å². The molecule has 0 aliphatic carbocycles. The van der Waals surface area contributed by atoms with Gasteiger partial charge in [-0.1, -0.05) is 51.8 Å². The molecule has 0 amide bonds. The van der Waals surface area contributed by atoms with Crippen molar-refractivity contribution in [1.82, 2.24) is 4.98 Å². The van der Waals surface area contributed by atoms with Gasteiger partial charge in [0, 0.05) is 15.7 Å². The lowest BCUT2D eigenvalue weighted by Gasteiger charge is -2.06. The fraction of sp³-hybridized carbons (Fsp3) is 0.0455. The summed E-state index contributed by atoms with van der Waals surface area (Å²) in [5.74, 6) is 0.314. The van der Waals surface area contributed by atoms with Crippen molar-refractivity contribution in [3.63, 3.8) is 0 Å². The van der Waals surface area contributed by atoms with Crippen molar-refractivity contribution in [3.05, 3.63) is 88.9 Å². The minimum atomic E-state index is -3.89. The van der Waals surface area contributed by atoms with Gasteiger partial charge in [0.1, 0.15) is 0 Å². The molecule has 0 bridgehead atoms. The van der Waals surface area contributed by atoms with E-state index in [0.717, 1.165) is 10.0 Å². The number of sulfone groups is 1. The summed E-state index contributed by atoms with van der Waals surface area (Å²) >= 11 is 3.33. The lowest BCUT2D eigenvalue weighted by Crippen LogP contribution is -2.05. The molecule has 7 heteroatoms. The van der Waals surface area contributed by atoms with Crippen LogP contribution in [-0.2, 0) is 9.84 Å². The van der Waals surface area contributed by atoms with Gasteiger partial charge in [-0.25, -0.2) is 8.42 Å². The Bertz CT molecular complexity index is 1230. The Morgan fingerprint density at radius 3 is 2.21 bits per heavy atom. The predicted octanol–water partition coefficient (Wildman–Crippen LogP) is 5.99. The first kappa shape index (κ1) is 19.4. The maximum Gasteiger partial charge on any atom is 0.238 e. The Morgan fingerprint density at radius 1 is 0.897 bits per heavy atom. The molecule has 4 rings (SSSR count). The van der Waals surface area contributed by atoms with Crippen LogP contribution in [0.1, 0.15) is 5.56 Å². The van der Waals surface area contributed by atoms with Crippen molar-refractivity contribution < 1.29 is 12.8 Å². The molecule has 0 saturated carbocycles. The second-order valence-electron chi connectivity index (χ2n) is 6.47. The first-order valence-corrected chi connectivity index (χ1v) is 11.1. The highest BCUT2D eigenvalue weighted by Crippen LogP contribution is 2.34. The zero-order valence-corrected chi connectivity index (χ0v) is 17.9. The van der Waals surface area contributed by atoms with Crippen LogP contribution in [0.5, 0.6) is 0 Å². The Kier molecular flexibility index (Phi) is 5.25. The monoisotopic (exact) mass is 468 g/mol. The molecule has 0 saturated heterocycles. The third-order valence-electron chi connectivity index (χ3n) is 4.30. The molecule has 0 unspecified atom stereocenters. The number of para-hydroxylation sites is 1. The molecule has 1 N–H and O–H groups in total. The molecule has 1 heterocycles. The molecule has 0 radical (unpaired) electrons. The average Bonchev–Trinajstić information content (AvgIpc) is 3.14. The van der Waals surface area contributed by atoms with Gasteiger partial charge in [-0.15, -0.1) is 0 Å². The number of rotatable bonds is 5. The second kappa shape index (κ2) is 7.85. The molecule has 5 nitrogen and oxygen atoms in total. The summed E-state index contributed by atoms with van der Waals surface area (Å²) in [5, 5.41) is 2.89. The average molecular weight is 469 g/mol. The lowest BCUT2D eigenvalue weighted by molar-refractivity contribution is 0.582. The van der Waals surface area contributed by atoms with E-state index in [4.69, 9.17) is 4.42 Å². The normalized spacial score (nSPS) is 11.4. The summed E-state index contributed by atoms with van der Waals surface area (Å²) in [5.41, 5.74) is 2.49. The molecule has 3 aromatic carbocycles. The number of halogens is 1. The van der Waals surface area contributed by atoms with Crippen LogP contribution in [0, 0.1) is 6.92 Å². The molecule has 0 aliphatic rings. The summed E-state index contributed by atoms with van der Waals surface area (Å²) in [6.07, 6.45) is 0. The van der Waals surface area contributed by atoms with E-state index in [-0.39, 0.29) is 21.7 Å². The number of hydrogen-bond donors (Lipinski definition) is 1. The fourth-order valence-corrected chi connectivity index (χ4v) is 4.29. The summed E-state index contributed by atoms with van der Waals surface area (Å²) in [6.45, 7) is 1.98. The van der Waals surface area contributed by atoms with E-state index in [1.807, 2.05) is 61.5 Å². The fourth-order valence-electron chi connectivity index (χ4n) is 2.76. The lowest BCUT2D eigenvalue weighted by atomic mass is 10.1. The number of hydrogen-bond acceptors (Lipinski definition) is 5. The van der Waals surface area contributed by atoms with Crippen LogP contribution in [0.2, 0.25) is 0 Å². The summed E-state index contributed by atoms with van der Waals surface area (Å²) in [6, 6.07) is 23.2. The summed E-state index contributed by atoms with van der Waals surface area (Å²) < 4.78 is 33.2. The Hall–Kier alpha value is -2.90. The van der Waals surface area contributed by atoms with Crippen molar-refractivity contribution >= 4 is 37.3 Å². The number of nitrogens with zero attached hydrogens (tertiary/aromatic N) is 1. The molecule has 4 aromatic rings. The first-order chi connectivity index (χ1) is 13.9. The SMILES string of the molecule is Cc1ccc(-c2nc(S(=O)(=O)c3ccc(Br)cc3)c(Nc3ccccc3)o2)cc1. The van der Waals surface area contributed by atoms with Crippen LogP contribution in [0.15, 0.2) is 97.7 Å². The van der Waals surface area contributed by atoms with Gasteiger partial charge in [0.25, 0.3) is 0 Å². The van der Waals surface area contributed by atoms with Crippen molar-refractivity contribution in [2.75, 3.05) is 5.32 Å². The van der Waals surface area contributed by atoms with Crippen LogP contribution in [0.4, 0.5) is 11.6 Å². The maximum atomic E-state index is 13.3. The van der Waals surface area contributed by atoms with Crippen LogP contribution in [0.25, 0.3) is 11.5 Å². The van der Waals surface area contributed by atoms with Crippen LogP contribution in [0.3, 0.4) is 0 Å². The minimum Gasteiger partial charge on any atom is -0.419 e. The van der Waals surface area contributed by atoms with Gasteiger partial charge >= 0.3 is 0 Å². The Labute approximate surface area is 177 Å². The van der Waals surface area contributed by atoms with E-state index in [9.17, 15) is 8.42 Å².